The first-order valence-corrected chi connectivity index (χ1v) is 6.48. The Morgan fingerprint density at radius 2 is 2.21 bits per heavy atom. The summed E-state index contributed by atoms with van der Waals surface area (Å²) in [5.41, 5.74) is 8.20. The van der Waals surface area contributed by atoms with E-state index in [0.717, 1.165) is 28.4 Å². The molecule has 1 aromatic carbocycles. The van der Waals surface area contributed by atoms with Crippen molar-refractivity contribution in [3.05, 3.63) is 41.4 Å². The first kappa shape index (κ1) is 12.0. The molecule has 2 N–H and O–H groups in total. The molecule has 0 radical (unpaired) electrons. The zero-order chi connectivity index (χ0) is 13.4. The Kier molecular flexibility index (Phi) is 2.91. The molecule has 2 heterocycles. The van der Waals surface area contributed by atoms with Gasteiger partial charge in [-0.15, -0.1) is 0 Å². The van der Waals surface area contributed by atoms with E-state index < -0.39 is 0 Å². The van der Waals surface area contributed by atoms with Gasteiger partial charge in [0.25, 0.3) is 0 Å². The van der Waals surface area contributed by atoms with Crippen LogP contribution in [0.25, 0.3) is 11.0 Å². The molecule has 0 unspecified atom stereocenters. The van der Waals surface area contributed by atoms with E-state index in [1.165, 1.54) is 0 Å². The molecule has 0 aliphatic rings. The number of fused-ring (bicyclic) bond motifs is 1. The molecular weight excluding hydrogens is 262 g/mol. The molecule has 0 saturated heterocycles. The predicted molar refractivity (Wildman–Crippen MR) is 76.2 cm³/mol. The summed E-state index contributed by atoms with van der Waals surface area (Å²) in [6.45, 7) is 3.47. The molecule has 0 spiro atoms. The van der Waals surface area contributed by atoms with Crippen LogP contribution in [0.2, 0.25) is 5.02 Å². The summed E-state index contributed by atoms with van der Waals surface area (Å²) in [6, 6.07) is 5.76. The molecule has 0 atom stereocenters. The second-order valence-electron chi connectivity index (χ2n) is 4.35. The van der Waals surface area contributed by atoms with E-state index in [9.17, 15) is 0 Å². The molecule has 0 bridgehead atoms. The van der Waals surface area contributed by atoms with Gasteiger partial charge in [0.05, 0.1) is 34.5 Å². The van der Waals surface area contributed by atoms with Gasteiger partial charge in [-0.05, 0) is 19.1 Å². The number of anilines is 1. The second kappa shape index (κ2) is 4.59. The van der Waals surface area contributed by atoms with Crippen molar-refractivity contribution in [1.82, 2.24) is 19.3 Å². The Bertz CT molecular complexity index is 728. The van der Waals surface area contributed by atoms with Gasteiger partial charge in [-0.1, -0.05) is 17.7 Å². The van der Waals surface area contributed by atoms with Crippen LogP contribution in [0.5, 0.6) is 0 Å². The van der Waals surface area contributed by atoms with Crippen molar-refractivity contribution in [3.8, 4) is 0 Å². The molecule has 98 valence electrons. The molecule has 0 aliphatic heterocycles. The van der Waals surface area contributed by atoms with Crippen molar-refractivity contribution in [2.75, 3.05) is 5.73 Å². The number of nitrogens with two attached hydrogens (primary N) is 1. The maximum Gasteiger partial charge on any atom is 0.131 e. The van der Waals surface area contributed by atoms with E-state index in [2.05, 4.69) is 21.6 Å². The Morgan fingerprint density at radius 3 is 2.89 bits per heavy atom. The Morgan fingerprint density at radius 1 is 1.37 bits per heavy atom. The first-order chi connectivity index (χ1) is 9.19. The first-order valence-electron chi connectivity index (χ1n) is 6.10. The van der Waals surface area contributed by atoms with Gasteiger partial charge in [0.1, 0.15) is 5.82 Å². The van der Waals surface area contributed by atoms with E-state index in [1.807, 2.05) is 18.2 Å². The lowest BCUT2D eigenvalue weighted by molar-refractivity contribution is 0.614. The number of halogens is 1. The molecule has 5 nitrogen and oxygen atoms in total. The lowest BCUT2D eigenvalue weighted by atomic mass is 10.3. The minimum atomic E-state index is 0.579. The highest BCUT2D eigenvalue weighted by Gasteiger charge is 2.12. The number of hydrogen-bond acceptors (Lipinski definition) is 3. The van der Waals surface area contributed by atoms with Crippen molar-refractivity contribution < 1.29 is 0 Å². The zero-order valence-electron chi connectivity index (χ0n) is 10.5. The topological polar surface area (TPSA) is 61.7 Å². The van der Waals surface area contributed by atoms with Crippen molar-refractivity contribution in [2.45, 2.75) is 20.0 Å². The highest BCUT2D eigenvalue weighted by Crippen LogP contribution is 2.24. The lowest BCUT2D eigenvalue weighted by Gasteiger charge is -2.06. The number of para-hydroxylation sites is 1. The fourth-order valence-electron chi connectivity index (χ4n) is 2.26. The normalized spacial score (nSPS) is 11.3. The molecule has 0 amide bonds. The highest BCUT2D eigenvalue weighted by atomic mass is 35.5. The number of nitrogen functional groups attached to an aromatic ring is 1. The number of imidazole rings is 1. The largest absolute Gasteiger partial charge is 0.396 e. The highest BCUT2D eigenvalue weighted by molar-refractivity contribution is 6.35. The third-order valence-corrected chi connectivity index (χ3v) is 3.37. The Hall–Kier alpha value is -2.01. The molecule has 2 aromatic heterocycles. The second-order valence-corrected chi connectivity index (χ2v) is 4.76. The summed E-state index contributed by atoms with van der Waals surface area (Å²) in [4.78, 5) is 4.63. The van der Waals surface area contributed by atoms with Crippen LogP contribution in [0, 0.1) is 0 Å². The van der Waals surface area contributed by atoms with Gasteiger partial charge in [-0.25, -0.2) is 4.98 Å². The number of aryl methyl sites for hydroxylation is 1. The molecular formula is C13H14ClN5. The fraction of sp³-hybridized carbons (Fsp3) is 0.231. The molecule has 0 aliphatic carbocycles. The van der Waals surface area contributed by atoms with Crippen LogP contribution in [-0.2, 0) is 13.1 Å². The number of nitrogens with zero attached hydrogens (tertiary/aromatic N) is 4. The van der Waals surface area contributed by atoms with E-state index in [0.29, 0.717) is 12.2 Å². The van der Waals surface area contributed by atoms with Gasteiger partial charge in [-0.2, -0.15) is 5.10 Å². The Balaban J connectivity index is 2.10. The third kappa shape index (κ3) is 2.06. The van der Waals surface area contributed by atoms with Crippen LogP contribution < -0.4 is 5.73 Å². The van der Waals surface area contributed by atoms with Gasteiger partial charge in [0.15, 0.2) is 0 Å². The molecule has 3 aromatic rings. The zero-order valence-corrected chi connectivity index (χ0v) is 11.3. The van der Waals surface area contributed by atoms with Crippen molar-refractivity contribution in [2.24, 2.45) is 0 Å². The van der Waals surface area contributed by atoms with Crippen molar-refractivity contribution >= 4 is 28.3 Å². The van der Waals surface area contributed by atoms with Crippen LogP contribution in [0.15, 0.2) is 30.6 Å². The summed E-state index contributed by atoms with van der Waals surface area (Å²) >= 11 is 6.26. The summed E-state index contributed by atoms with van der Waals surface area (Å²) in [5, 5.41) is 4.90. The van der Waals surface area contributed by atoms with Crippen LogP contribution >= 0.6 is 11.6 Å². The number of rotatable bonds is 3. The van der Waals surface area contributed by atoms with Gasteiger partial charge in [0, 0.05) is 12.7 Å². The van der Waals surface area contributed by atoms with E-state index in [4.69, 9.17) is 17.3 Å². The quantitative estimate of drug-likeness (QED) is 0.799. The summed E-state index contributed by atoms with van der Waals surface area (Å²) in [7, 11) is 0. The van der Waals surface area contributed by atoms with Gasteiger partial charge in [0.2, 0.25) is 0 Å². The van der Waals surface area contributed by atoms with Crippen LogP contribution in [0.3, 0.4) is 0 Å². The minimum absolute atomic E-state index is 0.579. The van der Waals surface area contributed by atoms with Gasteiger partial charge in [-0.3, -0.25) is 4.68 Å². The molecule has 0 fully saturated rings. The summed E-state index contributed by atoms with van der Waals surface area (Å²) in [6.07, 6.45) is 3.42. The predicted octanol–water partition coefficient (Wildman–Crippen LogP) is 2.54. The van der Waals surface area contributed by atoms with Crippen LogP contribution in [0.4, 0.5) is 5.69 Å². The van der Waals surface area contributed by atoms with E-state index in [1.54, 1.807) is 17.1 Å². The Labute approximate surface area is 115 Å². The monoisotopic (exact) mass is 275 g/mol. The molecule has 0 saturated carbocycles. The van der Waals surface area contributed by atoms with Gasteiger partial charge >= 0.3 is 0 Å². The number of hydrogen-bond donors (Lipinski definition) is 1. The standard InChI is InChI=1S/C13H14ClN5/c1-2-19-12(8-18-7-9(15)6-16-18)17-11-5-3-4-10(14)13(11)19/h3-7H,2,8,15H2,1H3. The van der Waals surface area contributed by atoms with Gasteiger partial charge < -0.3 is 10.3 Å². The average Bonchev–Trinajstić information content (AvgIpc) is 2.94. The SMILES string of the molecule is CCn1c(Cn2cc(N)cn2)nc2cccc(Cl)c21. The van der Waals surface area contributed by atoms with Crippen LogP contribution in [0.1, 0.15) is 12.7 Å². The molecule has 6 heteroatoms. The maximum absolute atomic E-state index is 6.26. The number of aromatic nitrogens is 4. The molecule has 3 rings (SSSR count). The maximum atomic E-state index is 6.26. The van der Waals surface area contributed by atoms with E-state index >= 15 is 0 Å². The van der Waals surface area contributed by atoms with Crippen molar-refractivity contribution in [1.29, 1.82) is 0 Å². The minimum Gasteiger partial charge on any atom is -0.396 e. The average molecular weight is 276 g/mol. The summed E-state index contributed by atoms with van der Waals surface area (Å²) < 4.78 is 3.88. The smallest absolute Gasteiger partial charge is 0.131 e. The summed E-state index contributed by atoms with van der Waals surface area (Å²) in [5.74, 6) is 0.925. The fourth-order valence-corrected chi connectivity index (χ4v) is 2.53. The lowest BCUT2D eigenvalue weighted by Crippen LogP contribution is -2.08. The van der Waals surface area contributed by atoms with Crippen molar-refractivity contribution in [3.63, 3.8) is 0 Å². The third-order valence-electron chi connectivity index (χ3n) is 3.07. The molecule has 19 heavy (non-hydrogen) atoms. The van der Waals surface area contributed by atoms with E-state index in [-0.39, 0.29) is 0 Å². The number of benzene rings is 1. The van der Waals surface area contributed by atoms with Crippen LogP contribution in [-0.4, -0.2) is 19.3 Å².